The van der Waals surface area contributed by atoms with Crippen LogP contribution < -0.4 is 5.32 Å². The van der Waals surface area contributed by atoms with E-state index in [0.717, 1.165) is 12.8 Å². The van der Waals surface area contributed by atoms with E-state index in [1.54, 1.807) is 0 Å². The zero-order valence-corrected chi connectivity index (χ0v) is 11.6. The molecule has 7 heteroatoms. The highest BCUT2D eigenvalue weighted by atomic mass is 16.6. The van der Waals surface area contributed by atoms with Crippen LogP contribution in [0.4, 0.5) is 11.4 Å². The highest BCUT2D eigenvalue weighted by molar-refractivity contribution is 5.97. The van der Waals surface area contributed by atoms with Crippen molar-refractivity contribution in [1.29, 1.82) is 0 Å². The van der Waals surface area contributed by atoms with Crippen molar-refractivity contribution in [3.8, 4) is 0 Å². The molecule has 1 saturated heterocycles. The Kier molecular flexibility index (Phi) is 2.72. The normalized spacial score (nSPS) is 34.5. The zero-order valence-electron chi connectivity index (χ0n) is 11.6. The molecule has 114 valence electrons. The largest absolute Gasteiger partial charge is 0.462 e. The van der Waals surface area contributed by atoms with Gasteiger partial charge in [0.05, 0.1) is 16.8 Å². The summed E-state index contributed by atoms with van der Waals surface area (Å²) in [6, 6.07) is 5.69. The second-order valence-corrected chi connectivity index (χ2v) is 6.22. The quantitative estimate of drug-likeness (QED) is 0.521. The summed E-state index contributed by atoms with van der Waals surface area (Å²) < 4.78 is 5.32. The molecule has 1 aromatic carbocycles. The number of anilines is 1. The summed E-state index contributed by atoms with van der Waals surface area (Å²) in [6.07, 6.45) is 1.65. The maximum atomic E-state index is 12.5. The molecular weight excluding hydrogens is 288 g/mol. The Morgan fingerprint density at radius 2 is 2.00 bits per heavy atom. The second kappa shape index (κ2) is 4.53. The Hall–Kier alpha value is -2.44. The molecule has 3 fully saturated rings. The third-order valence-electron chi connectivity index (χ3n) is 5.13. The topological polar surface area (TPSA) is 98.5 Å². The van der Waals surface area contributed by atoms with E-state index in [-0.39, 0.29) is 47.3 Å². The van der Waals surface area contributed by atoms with Gasteiger partial charge >= 0.3 is 5.97 Å². The number of amides is 1. The summed E-state index contributed by atoms with van der Waals surface area (Å²) in [4.78, 5) is 34.5. The lowest BCUT2D eigenvalue weighted by Gasteiger charge is -2.23. The summed E-state index contributed by atoms with van der Waals surface area (Å²) in [5.41, 5.74) is 0.474. The number of esters is 1. The van der Waals surface area contributed by atoms with Gasteiger partial charge in [-0.05, 0) is 30.9 Å². The number of carbonyl (C=O) groups is 2. The Morgan fingerprint density at radius 1 is 1.27 bits per heavy atom. The first-order valence-corrected chi connectivity index (χ1v) is 7.30. The predicted octanol–water partition coefficient (Wildman–Crippen LogP) is 1.73. The molecule has 0 unspecified atom stereocenters. The molecule has 1 aromatic rings. The number of carbonyl (C=O) groups excluding carboxylic acids is 2. The van der Waals surface area contributed by atoms with Gasteiger partial charge in [0.25, 0.3) is 5.69 Å². The lowest BCUT2D eigenvalue weighted by molar-refractivity contribution is -0.384. The van der Waals surface area contributed by atoms with Crippen LogP contribution in [0.15, 0.2) is 24.3 Å². The number of hydrogen-bond acceptors (Lipinski definition) is 5. The van der Waals surface area contributed by atoms with Crippen molar-refractivity contribution < 1.29 is 19.2 Å². The van der Waals surface area contributed by atoms with Crippen LogP contribution in [0.3, 0.4) is 0 Å². The first-order chi connectivity index (χ1) is 10.5. The molecule has 1 aliphatic heterocycles. The molecule has 1 heterocycles. The molecule has 0 aromatic heterocycles. The van der Waals surface area contributed by atoms with Crippen LogP contribution in [-0.2, 0) is 14.3 Å². The van der Waals surface area contributed by atoms with Crippen LogP contribution in [0.25, 0.3) is 0 Å². The monoisotopic (exact) mass is 302 g/mol. The first kappa shape index (κ1) is 13.2. The van der Waals surface area contributed by atoms with Gasteiger partial charge in [-0.25, -0.2) is 0 Å². The average molecular weight is 302 g/mol. The van der Waals surface area contributed by atoms with E-state index in [9.17, 15) is 19.7 Å². The van der Waals surface area contributed by atoms with Crippen LogP contribution in [-0.4, -0.2) is 22.9 Å². The number of benzene rings is 1. The zero-order chi connectivity index (χ0) is 15.4. The molecule has 2 bridgehead atoms. The first-order valence-electron chi connectivity index (χ1n) is 7.30. The van der Waals surface area contributed by atoms with Gasteiger partial charge in [0, 0.05) is 23.7 Å². The van der Waals surface area contributed by atoms with Crippen LogP contribution in [0.1, 0.15) is 12.8 Å². The fourth-order valence-electron chi connectivity index (χ4n) is 4.26. The highest BCUT2D eigenvalue weighted by Crippen LogP contribution is 2.57. The van der Waals surface area contributed by atoms with E-state index in [4.69, 9.17) is 4.74 Å². The van der Waals surface area contributed by atoms with E-state index in [2.05, 4.69) is 5.32 Å². The number of fused-ring (bicyclic) bond motifs is 1. The molecule has 0 spiro atoms. The van der Waals surface area contributed by atoms with Crippen molar-refractivity contribution in [3.05, 3.63) is 34.4 Å². The molecule has 4 rings (SSSR count). The van der Waals surface area contributed by atoms with Crippen molar-refractivity contribution in [2.24, 2.45) is 23.7 Å². The average Bonchev–Trinajstić information content (AvgIpc) is 3.09. The van der Waals surface area contributed by atoms with Gasteiger partial charge < -0.3 is 10.1 Å². The van der Waals surface area contributed by atoms with Gasteiger partial charge in [0.2, 0.25) is 5.91 Å². The number of nitrogens with zero attached hydrogens (tertiary/aromatic N) is 1. The number of nitro benzene ring substituents is 1. The second-order valence-electron chi connectivity index (χ2n) is 6.22. The van der Waals surface area contributed by atoms with E-state index in [1.165, 1.54) is 24.3 Å². The summed E-state index contributed by atoms with van der Waals surface area (Å²) >= 11 is 0. The predicted molar refractivity (Wildman–Crippen MR) is 74.8 cm³/mol. The number of rotatable bonds is 3. The molecule has 2 aliphatic carbocycles. The Morgan fingerprint density at radius 3 is 2.68 bits per heavy atom. The standard InChI is InChI=1S/C15H14N2O5/c18-14(16-8-1-3-9(4-2-8)17(20)21)12-7-5-10-11(6-7)22-15(19)13(10)12/h1-4,7,10-13H,5-6H2,(H,16,18)/t7-,10-,11-,12+,13+/m1/s1. The molecule has 1 N–H and O–H groups in total. The van der Waals surface area contributed by atoms with Crippen molar-refractivity contribution >= 4 is 23.3 Å². The number of nitrogens with one attached hydrogen (secondary N) is 1. The fourth-order valence-corrected chi connectivity index (χ4v) is 4.26. The highest BCUT2D eigenvalue weighted by Gasteiger charge is 2.63. The van der Waals surface area contributed by atoms with Crippen molar-refractivity contribution in [3.63, 3.8) is 0 Å². The van der Waals surface area contributed by atoms with Crippen LogP contribution in [0.5, 0.6) is 0 Å². The third kappa shape index (κ3) is 1.81. The van der Waals surface area contributed by atoms with Gasteiger partial charge in [-0.1, -0.05) is 0 Å². The molecule has 7 nitrogen and oxygen atoms in total. The fraction of sp³-hybridized carbons (Fsp3) is 0.467. The summed E-state index contributed by atoms with van der Waals surface area (Å²) in [5, 5.41) is 13.4. The van der Waals surface area contributed by atoms with E-state index in [0.29, 0.717) is 5.69 Å². The summed E-state index contributed by atoms with van der Waals surface area (Å²) in [6.45, 7) is 0. The third-order valence-corrected chi connectivity index (χ3v) is 5.13. The number of ether oxygens (including phenoxy) is 1. The SMILES string of the molecule is O=C(Nc1ccc([N+](=O)[O-])cc1)[C@H]1[C@@H]2C[C@H]3[C@@H]1C(=O)O[C@@H]3C2. The maximum absolute atomic E-state index is 12.5. The van der Waals surface area contributed by atoms with Crippen LogP contribution >= 0.6 is 0 Å². The maximum Gasteiger partial charge on any atom is 0.310 e. The van der Waals surface area contributed by atoms with Gasteiger partial charge in [-0.2, -0.15) is 0 Å². The minimum atomic E-state index is -0.490. The Labute approximate surface area is 125 Å². The van der Waals surface area contributed by atoms with E-state index < -0.39 is 4.92 Å². The molecule has 3 aliphatic rings. The number of nitro groups is 1. The van der Waals surface area contributed by atoms with Crippen LogP contribution in [0.2, 0.25) is 0 Å². The lowest BCUT2D eigenvalue weighted by atomic mass is 9.79. The van der Waals surface area contributed by atoms with Crippen molar-refractivity contribution in [2.45, 2.75) is 18.9 Å². The van der Waals surface area contributed by atoms with Gasteiger partial charge in [-0.15, -0.1) is 0 Å². The van der Waals surface area contributed by atoms with E-state index in [1.807, 2.05) is 0 Å². The minimum Gasteiger partial charge on any atom is -0.462 e. The molecule has 22 heavy (non-hydrogen) atoms. The van der Waals surface area contributed by atoms with Gasteiger partial charge in [-0.3, -0.25) is 19.7 Å². The summed E-state index contributed by atoms with van der Waals surface area (Å²) in [5.74, 6) is -0.717. The molecule has 5 atom stereocenters. The van der Waals surface area contributed by atoms with Gasteiger partial charge in [0.15, 0.2) is 0 Å². The Bertz CT molecular complexity index is 669. The Balaban J connectivity index is 1.51. The van der Waals surface area contributed by atoms with Gasteiger partial charge in [0.1, 0.15) is 6.10 Å². The van der Waals surface area contributed by atoms with Crippen molar-refractivity contribution in [2.75, 3.05) is 5.32 Å². The van der Waals surface area contributed by atoms with Crippen molar-refractivity contribution in [1.82, 2.24) is 0 Å². The van der Waals surface area contributed by atoms with E-state index >= 15 is 0 Å². The minimum absolute atomic E-state index is 0.00549. The van der Waals surface area contributed by atoms with Crippen LogP contribution in [0, 0.1) is 33.8 Å². The molecule has 1 amide bonds. The lowest BCUT2D eigenvalue weighted by Crippen LogP contribution is -2.35. The number of non-ortho nitro benzene ring substituents is 1. The molecule has 2 saturated carbocycles. The number of hydrogen-bond donors (Lipinski definition) is 1. The molecule has 0 radical (unpaired) electrons. The smallest absolute Gasteiger partial charge is 0.310 e. The summed E-state index contributed by atoms with van der Waals surface area (Å²) in [7, 11) is 0. The molecular formula is C15H14N2O5.